The van der Waals surface area contributed by atoms with E-state index in [1.165, 1.54) is 6.20 Å². The van der Waals surface area contributed by atoms with E-state index in [9.17, 15) is 4.39 Å². The van der Waals surface area contributed by atoms with Crippen molar-refractivity contribution in [2.75, 3.05) is 29.9 Å². The number of morpholine rings is 1. The van der Waals surface area contributed by atoms with Gasteiger partial charge in [-0.3, -0.25) is 0 Å². The van der Waals surface area contributed by atoms with E-state index in [1.54, 1.807) is 0 Å². The van der Waals surface area contributed by atoms with Crippen molar-refractivity contribution >= 4 is 11.8 Å². The zero-order valence-electron chi connectivity index (χ0n) is 11.7. The Labute approximate surface area is 113 Å². The van der Waals surface area contributed by atoms with Crippen molar-refractivity contribution in [2.24, 2.45) is 0 Å². The maximum atomic E-state index is 13.9. The smallest absolute Gasteiger partial charge is 0.224 e. The molecule has 1 aliphatic heterocycles. The number of rotatable bonds is 4. The van der Waals surface area contributed by atoms with Gasteiger partial charge in [-0.15, -0.1) is 0 Å². The van der Waals surface area contributed by atoms with Gasteiger partial charge >= 0.3 is 0 Å². The molecule has 1 N–H and O–H groups in total. The molecule has 0 bridgehead atoms. The molecule has 2 rings (SSSR count). The number of hydrogen-bond acceptors (Lipinski definition) is 5. The summed E-state index contributed by atoms with van der Waals surface area (Å²) < 4.78 is 19.5. The van der Waals surface area contributed by atoms with Crippen molar-refractivity contribution in [1.29, 1.82) is 0 Å². The summed E-state index contributed by atoms with van der Waals surface area (Å²) in [5, 5.41) is 3.08. The second-order valence-electron chi connectivity index (χ2n) is 4.94. The Balaban J connectivity index is 2.21. The number of nitrogens with one attached hydrogen (secondary N) is 1. The van der Waals surface area contributed by atoms with Crippen LogP contribution in [0.3, 0.4) is 0 Å². The van der Waals surface area contributed by atoms with Crippen molar-refractivity contribution in [3.8, 4) is 0 Å². The van der Waals surface area contributed by atoms with Gasteiger partial charge in [-0.25, -0.2) is 9.37 Å². The molecule has 0 amide bonds. The Morgan fingerprint density at radius 2 is 2.32 bits per heavy atom. The molecule has 6 heteroatoms. The molecule has 1 aliphatic rings. The first-order chi connectivity index (χ1) is 9.11. The highest BCUT2D eigenvalue weighted by Gasteiger charge is 2.27. The lowest BCUT2D eigenvalue weighted by molar-refractivity contribution is 0.0337. The molecule has 1 fully saturated rings. The fraction of sp³-hybridized carbons (Fsp3) is 0.692. The summed E-state index contributed by atoms with van der Waals surface area (Å²) in [6, 6.07) is 0.111. The van der Waals surface area contributed by atoms with Gasteiger partial charge in [-0.1, -0.05) is 6.92 Å². The molecule has 0 saturated carbocycles. The van der Waals surface area contributed by atoms with Crippen LogP contribution in [0.25, 0.3) is 0 Å². The van der Waals surface area contributed by atoms with Gasteiger partial charge in [-0.05, 0) is 20.3 Å². The van der Waals surface area contributed by atoms with E-state index >= 15 is 0 Å². The van der Waals surface area contributed by atoms with Crippen molar-refractivity contribution in [3.05, 3.63) is 12.0 Å². The number of anilines is 2. The van der Waals surface area contributed by atoms with E-state index in [-0.39, 0.29) is 18.0 Å². The molecule has 2 heterocycles. The highest BCUT2D eigenvalue weighted by atomic mass is 19.1. The van der Waals surface area contributed by atoms with E-state index in [4.69, 9.17) is 4.74 Å². The molecule has 2 unspecified atom stereocenters. The highest BCUT2D eigenvalue weighted by molar-refractivity contribution is 5.45. The van der Waals surface area contributed by atoms with Gasteiger partial charge in [0.15, 0.2) is 11.6 Å². The van der Waals surface area contributed by atoms with Gasteiger partial charge in [0.2, 0.25) is 5.95 Å². The van der Waals surface area contributed by atoms with E-state index in [0.29, 0.717) is 24.9 Å². The van der Waals surface area contributed by atoms with Gasteiger partial charge < -0.3 is 15.0 Å². The number of halogens is 1. The second kappa shape index (κ2) is 6.14. The predicted octanol–water partition coefficient (Wildman–Crippen LogP) is 2.05. The third-order valence-corrected chi connectivity index (χ3v) is 3.14. The number of aromatic nitrogens is 2. The zero-order chi connectivity index (χ0) is 13.8. The number of hydrogen-bond donors (Lipinski definition) is 1. The van der Waals surface area contributed by atoms with Crippen LogP contribution in [-0.4, -0.2) is 41.8 Å². The van der Waals surface area contributed by atoms with Crippen LogP contribution in [0.15, 0.2) is 6.20 Å². The molecule has 19 heavy (non-hydrogen) atoms. The summed E-state index contributed by atoms with van der Waals surface area (Å²) in [7, 11) is 0. The van der Waals surface area contributed by atoms with Gasteiger partial charge in [-0.2, -0.15) is 4.98 Å². The summed E-state index contributed by atoms with van der Waals surface area (Å²) in [5.41, 5.74) is 0. The molecule has 1 saturated heterocycles. The van der Waals surface area contributed by atoms with Crippen LogP contribution >= 0.6 is 0 Å². The minimum Gasteiger partial charge on any atom is -0.375 e. The molecule has 2 atom stereocenters. The Morgan fingerprint density at radius 3 is 3.05 bits per heavy atom. The van der Waals surface area contributed by atoms with E-state index in [2.05, 4.69) is 22.2 Å². The monoisotopic (exact) mass is 268 g/mol. The maximum absolute atomic E-state index is 13.9. The topological polar surface area (TPSA) is 50.3 Å². The Morgan fingerprint density at radius 1 is 1.53 bits per heavy atom. The predicted molar refractivity (Wildman–Crippen MR) is 73.0 cm³/mol. The minimum atomic E-state index is -0.386. The average Bonchev–Trinajstić information content (AvgIpc) is 2.41. The highest BCUT2D eigenvalue weighted by Crippen LogP contribution is 2.23. The molecule has 1 aromatic heterocycles. The molecule has 0 radical (unpaired) electrons. The van der Waals surface area contributed by atoms with Crippen LogP contribution in [-0.2, 0) is 4.74 Å². The van der Waals surface area contributed by atoms with Crippen molar-refractivity contribution < 1.29 is 9.13 Å². The lowest BCUT2D eigenvalue weighted by Crippen LogP contribution is -2.48. The first-order valence-electron chi connectivity index (χ1n) is 6.76. The van der Waals surface area contributed by atoms with Crippen LogP contribution in [0, 0.1) is 5.82 Å². The second-order valence-corrected chi connectivity index (χ2v) is 4.94. The summed E-state index contributed by atoms with van der Waals surface area (Å²) in [5.74, 6) is 0.448. The van der Waals surface area contributed by atoms with E-state index < -0.39 is 0 Å². The molecular formula is C13H21FN4O. The molecule has 106 valence electrons. The largest absolute Gasteiger partial charge is 0.375 e. The molecule has 5 nitrogen and oxygen atoms in total. The van der Waals surface area contributed by atoms with Crippen LogP contribution in [0.5, 0.6) is 0 Å². The molecule has 0 spiro atoms. The molecular weight excluding hydrogens is 247 g/mol. The van der Waals surface area contributed by atoms with Crippen LogP contribution in [0.2, 0.25) is 0 Å². The van der Waals surface area contributed by atoms with Crippen molar-refractivity contribution in [3.63, 3.8) is 0 Å². The summed E-state index contributed by atoms with van der Waals surface area (Å²) in [4.78, 5) is 10.2. The Kier molecular flexibility index (Phi) is 4.52. The standard InChI is InChI=1S/C13H21FN4O/c1-4-5-15-13-16-6-11(14)12(17-13)18-7-10(3)19-8-9(18)2/h6,9-10H,4-5,7-8H2,1-3H3,(H,15,16,17). The number of ether oxygens (including phenoxy) is 1. The third-order valence-electron chi connectivity index (χ3n) is 3.14. The Hall–Kier alpha value is -1.43. The summed E-state index contributed by atoms with van der Waals surface area (Å²) in [6.07, 6.45) is 2.28. The van der Waals surface area contributed by atoms with E-state index in [1.807, 2.05) is 18.7 Å². The summed E-state index contributed by atoms with van der Waals surface area (Å²) in [6.45, 7) is 8.05. The van der Waals surface area contributed by atoms with Crippen molar-refractivity contribution in [2.45, 2.75) is 39.3 Å². The lowest BCUT2D eigenvalue weighted by atomic mass is 10.2. The summed E-state index contributed by atoms with van der Waals surface area (Å²) >= 11 is 0. The van der Waals surface area contributed by atoms with Crippen molar-refractivity contribution in [1.82, 2.24) is 9.97 Å². The lowest BCUT2D eigenvalue weighted by Gasteiger charge is -2.37. The fourth-order valence-electron chi connectivity index (χ4n) is 2.08. The van der Waals surface area contributed by atoms with Gasteiger partial charge in [0.05, 0.1) is 24.9 Å². The van der Waals surface area contributed by atoms with Gasteiger partial charge in [0.25, 0.3) is 0 Å². The quantitative estimate of drug-likeness (QED) is 0.905. The first kappa shape index (κ1) is 14.0. The van der Waals surface area contributed by atoms with Crippen LogP contribution in [0.1, 0.15) is 27.2 Å². The molecule has 1 aromatic rings. The van der Waals surface area contributed by atoms with Crippen LogP contribution < -0.4 is 10.2 Å². The Bertz CT molecular complexity index is 429. The zero-order valence-corrected chi connectivity index (χ0v) is 11.7. The van der Waals surface area contributed by atoms with E-state index in [0.717, 1.165) is 13.0 Å². The normalized spacial score (nSPS) is 23.5. The SMILES string of the molecule is CCCNc1ncc(F)c(N2CC(C)OCC2C)n1. The fourth-order valence-corrected chi connectivity index (χ4v) is 2.08. The number of nitrogens with zero attached hydrogens (tertiary/aromatic N) is 3. The maximum Gasteiger partial charge on any atom is 0.224 e. The molecule has 0 aromatic carbocycles. The van der Waals surface area contributed by atoms with Crippen LogP contribution in [0.4, 0.5) is 16.2 Å². The first-order valence-corrected chi connectivity index (χ1v) is 6.76. The minimum absolute atomic E-state index is 0.0811. The third kappa shape index (κ3) is 3.32. The van der Waals surface area contributed by atoms with Gasteiger partial charge in [0, 0.05) is 13.1 Å². The van der Waals surface area contributed by atoms with Gasteiger partial charge in [0.1, 0.15) is 0 Å². The molecule has 0 aliphatic carbocycles. The average molecular weight is 268 g/mol.